The summed E-state index contributed by atoms with van der Waals surface area (Å²) in [6.45, 7) is 1.85. The van der Waals surface area contributed by atoms with Gasteiger partial charge in [-0.3, -0.25) is 4.79 Å². The predicted molar refractivity (Wildman–Crippen MR) is 149 cm³/mol. The molecule has 0 radical (unpaired) electrons. The fraction of sp³-hybridized carbons (Fsp3) is 0.483. The zero-order valence-corrected chi connectivity index (χ0v) is 23.0. The van der Waals surface area contributed by atoms with E-state index >= 15 is 0 Å². The standard InChI is InChI=1S/C29H35ClN2O5S/c30-24-11-8-23-19-37-28-13-10-21-17-26(28)32(14-4-3-6-20(23)16-24)18-22-9-12-25(22)27(33)7-2-1-5-15-38(35,36)31-29(21)34/h2,7-8,10-11,13,16-17,22,25,27,33H,1,3-6,9,12,14-15,18-19H2,(H,31,34)/b7-2+/t22-,25+,27-/m0/s1. The maximum Gasteiger partial charge on any atom is 0.264 e. The number of nitrogens with zero attached hydrogens (tertiary/aromatic N) is 1. The number of aliphatic hydroxyl groups excluding tert-OH is 1. The van der Waals surface area contributed by atoms with Gasteiger partial charge in [0.05, 0.1) is 17.5 Å². The average molecular weight is 559 g/mol. The normalized spacial score (nSPS) is 26.8. The number of carbonyl (C=O) groups is 1. The molecule has 2 aromatic carbocycles. The van der Waals surface area contributed by atoms with Crippen molar-refractivity contribution in [1.82, 2.24) is 4.72 Å². The molecule has 0 saturated heterocycles. The summed E-state index contributed by atoms with van der Waals surface area (Å²) in [7, 11) is -3.78. The minimum Gasteiger partial charge on any atom is -0.487 e. The number of halogens is 1. The van der Waals surface area contributed by atoms with Crippen molar-refractivity contribution in [2.75, 3.05) is 23.7 Å². The van der Waals surface area contributed by atoms with E-state index < -0.39 is 22.0 Å². The average Bonchev–Trinajstić information content (AvgIpc) is 2.88. The molecule has 1 amide bonds. The van der Waals surface area contributed by atoms with Gasteiger partial charge in [-0.1, -0.05) is 29.8 Å². The molecule has 2 heterocycles. The van der Waals surface area contributed by atoms with Crippen LogP contribution in [0.3, 0.4) is 0 Å². The minimum atomic E-state index is -3.78. The van der Waals surface area contributed by atoms with Crippen molar-refractivity contribution in [2.45, 2.75) is 57.7 Å². The summed E-state index contributed by atoms with van der Waals surface area (Å²) >= 11 is 6.27. The number of amides is 1. The second kappa shape index (κ2) is 11.7. The summed E-state index contributed by atoms with van der Waals surface area (Å²) in [6, 6.07) is 11.0. The Balaban J connectivity index is 1.52. The van der Waals surface area contributed by atoms with Crippen molar-refractivity contribution in [1.29, 1.82) is 0 Å². The Kier molecular flexibility index (Phi) is 8.31. The number of rotatable bonds is 0. The highest BCUT2D eigenvalue weighted by molar-refractivity contribution is 7.90. The Labute approximate surface area is 229 Å². The van der Waals surface area contributed by atoms with Crippen LogP contribution in [0.1, 0.15) is 60.0 Å². The van der Waals surface area contributed by atoms with Gasteiger partial charge in [0.2, 0.25) is 10.0 Å². The Bertz CT molecular complexity index is 1310. The van der Waals surface area contributed by atoms with Gasteiger partial charge in [0, 0.05) is 23.7 Å². The molecule has 0 spiro atoms. The molecule has 5 rings (SSSR count). The topological polar surface area (TPSA) is 95.9 Å². The van der Waals surface area contributed by atoms with Crippen LogP contribution in [0.4, 0.5) is 5.69 Å². The van der Waals surface area contributed by atoms with E-state index in [9.17, 15) is 18.3 Å². The van der Waals surface area contributed by atoms with Gasteiger partial charge >= 0.3 is 0 Å². The molecule has 204 valence electrons. The van der Waals surface area contributed by atoms with E-state index in [2.05, 4.69) is 9.62 Å². The molecule has 2 aromatic rings. The molecule has 1 saturated carbocycles. The van der Waals surface area contributed by atoms with Gasteiger partial charge in [-0.05, 0) is 98.2 Å². The van der Waals surface area contributed by atoms with Gasteiger partial charge in [-0.15, -0.1) is 0 Å². The zero-order chi connectivity index (χ0) is 26.7. The third-order valence-electron chi connectivity index (χ3n) is 7.97. The number of fused-ring (bicyclic) bond motifs is 3. The monoisotopic (exact) mass is 558 g/mol. The first-order valence-corrected chi connectivity index (χ1v) is 15.5. The number of sulfonamides is 1. The molecule has 3 aliphatic rings. The molecule has 7 nitrogen and oxygen atoms in total. The van der Waals surface area contributed by atoms with Gasteiger partial charge < -0.3 is 14.7 Å². The summed E-state index contributed by atoms with van der Waals surface area (Å²) in [5.41, 5.74) is 3.30. The number of benzene rings is 2. The van der Waals surface area contributed by atoms with Crippen LogP contribution in [-0.2, 0) is 23.1 Å². The number of ether oxygens (including phenoxy) is 1. The van der Waals surface area contributed by atoms with Crippen molar-refractivity contribution in [3.8, 4) is 5.75 Å². The van der Waals surface area contributed by atoms with Crippen LogP contribution >= 0.6 is 11.6 Å². The fourth-order valence-electron chi connectivity index (χ4n) is 5.65. The summed E-state index contributed by atoms with van der Waals surface area (Å²) in [5.74, 6) is 0.318. The van der Waals surface area contributed by atoms with Crippen LogP contribution in [0.2, 0.25) is 5.02 Å². The van der Waals surface area contributed by atoms with Crippen LogP contribution in [0, 0.1) is 11.8 Å². The quantitative estimate of drug-likeness (QED) is 0.448. The number of hydrogen-bond donors (Lipinski definition) is 2. The molecule has 3 atom stereocenters. The summed E-state index contributed by atoms with van der Waals surface area (Å²) in [5, 5.41) is 11.5. The van der Waals surface area contributed by atoms with Gasteiger partial charge in [-0.25, -0.2) is 13.1 Å². The van der Waals surface area contributed by atoms with Crippen molar-refractivity contribution >= 4 is 33.2 Å². The zero-order valence-electron chi connectivity index (χ0n) is 21.4. The lowest BCUT2D eigenvalue weighted by atomic mass is 9.70. The van der Waals surface area contributed by atoms with Crippen LogP contribution < -0.4 is 14.4 Å². The number of aryl methyl sites for hydroxylation is 1. The van der Waals surface area contributed by atoms with Crippen molar-refractivity contribution < 1.29 is 23.1 Å². The lowest BCUT2D eigenvalue weighted by molar-refractivity contribution is 0.0461. The molecule has 2 bridgehead atoms. The number of anilines is 1. The van der Waals surface area contributed by atoms with Gasteiger partial charge in [-0.2, -0.15) is 0 Å². The Morgan fingerprint density at radius 1 is 1.05 bits per heavy atom. The molecule has 0 unspecified atom stereocenters. The predicted octanol–water partition coefficient (Wildman–Crippen LogP) is 4.86. The van der Waals surface area contributed by atoms with E-state index in [0.717, 1.165) is 56.4 Å². The summed E-state index contributed by atoms with van der Waals surface area (Å²) in [4.78, 5) is 15.3. The van der Waals surface area contributed by atoms with Crippen molar-refractivity contribution in [3.05, 3.63) is 70.3 Å². The van der Waals surface area contributed by atoms with Crippen molar-refractivity contribution in [3.63, 3.8) is 0 Å². The highest BCUT2D eigenvalue weighted by Crippen LogP contribution is 2.41. The number of aliphatic hydroxyl groups is 1. The number of hydrogen-bond acceptors (Lipinski definition) is 6. The third-order valence-corrected chi connectivity index (χ3v) is 9.53. The van der Waals surface area contributed by atoms with E-state index in [-0.39, 0.29) is 17.2 Å². The van der Waals surface area contributed by atoms with Gasteiger partial charge in [0.15, 0.2) is 0 Å². The molecular weight excluding hydrogens is 524 g/mol. The number of allylic oxidation sites excluding steroid dienone is 1. The van der Waals surface area contributed by atoms with Crippen LogP contribution in [0.25, 0.3) is 0 Å². The van der Waals surface area contributed by atoms with E-state index in [4.69, 9.17) is 16.3 Å². The Morgan fingerprint density at radius 2 is 1.92 bits per heavy atom. The second-order valence-corrected chi connectivity index (χ2v) is 12.9. The number of nitrogens with one attached hydrogen (secondary N) is 1. The van der Waals surface area contributed by atoms with E-state index in [1.165, 1.54) is 5.56 Å². The maximum absolute atomic E-state index is 13.0. The Hall–Kier alpha value is -2.55. The molecule has 2 aliphatic heterocycles. The van der Waals surface area contributed by atoms with Crippen LogP contribution in [0.5, 0.6) is 5.75 Å². The van der Waals surface area contributed by atoms with Gasteiger partial charge in [0.25, 0.3) is 5.91 Å². The van der Waals surface area contributed by atoms with Crippen LogP contribution in [0.15, 0.2) is 48.6 Å². The van der Waals surface area contributed by atoms with E-state index in [1.54, 1.807) is 24.3 Å². The maximum atomic E-state index is 13.0. The lowest BCUT2D eigenvalue weighted by Gasteiger charge is -2.42. The Morgan fingerprint density at radius 3 is 2.74 bits per heavy atom. The van der Waals surface area contributed by atoms with Gasteiger partial charge in [0.1, 0.15) is 12.4 Å². The highest BCUT2D eigenvalue weighted by Gasteiger charge is 2.37. The van der Waals surface area contributed by atoms with Crippen LogP contribution in [-0.4, -0.2) is 44.4 Å². The first-order valence-electron chi connectivity index (χ1n) is 13.5. The first kappa shape index (κ1) is 27.0. The fourth-order valence-corrected chi connectivity index (χ4v) is 6.90. The molecule has 1 aliphatic carbocycles. The molecule has 2 N–H and O–H groups in total. The molecule has 9 heteroatoms. The SMILES string of the molecule is O=C1NS(=O)(=O)CCC/C=C/[C@H](O)[C@@H]2CC[C@H]2CN2CCCCc3cc(Cl)ccc3COc3ccc1cc32. The molecule has 1 fully saturated rings. The molecule has 38 heavy (non-hydrogen) atoms. The first-order chi connectivity index (χ1) is 18.3. The minimum absolute atomic E-state index is 0.156. The summed E-state index contributed by atoms with van der Waals surface area (Å²) in [6.07, 6.45) is 8.79. The lowest BCUT2D eigenvalue weighted by Crippen LogP contribution is -2.43. The summed E-state index contributed by atoms with van der Waals surface area (Å²) < 4.78 is 33.7. The largest absolute Gasteiger partial charge is 0.487 e. The van der Waals surface area contributed by atoms with E-state index in [0.29, 0.717) is 36.1 Å². The smallest absolute Gasteiger partial charge is 0.264 e. The van der Waals surface area contributed by atoms with Crippen molar-refractivity contribution in [2.24, 2.45) is 11.8 Å². The van der Waals surface area contributed by atoms with E-state index in [1.807, 2.05) is 24.3 Å². The number of carbonyl (C=O) groups excluding carboxylic acids is 1. The molecule has 0 aromatic heterocycles. The second-order valence-electron chi connectivity index (χ2n) is 10.6. The highest BCUT2D eigenvalue weighted by atomic mass is 35.5. The molecular formula is C29H35ClN2O5S. The third kappa shape index (κ3) is 6.35.